The Balaban J connectivity index is 0.000000218. The Hall–Kier alpha value is -5.12. The zero-order valence-electron chi connectivity index (χ0n) is 34.0. The van der Waals surface area contributed by atoms with Crippen molar-refractivity contribution in [2.45, 2.75) is 90.1 Å². The van der Waals surface area contributed by atoms with Crippen LogP contribution in [0.2, 0.25) is 0 Å². The van der Waals surface area contributed by atoms with Crippen LogP contribution >= 0.6 is 0 Å². The number of likely N-dealkylation sites (N-methyl/N-ethyl adjacent to an activating group) is 1. The summed E-state index contributed by atoms with van der Waals surface area (Å²) < 4.78 is 5.85. The van der Waals surface area contributed by atoms with E-state index >= 15 is 0 Å². The van der Waals surface area contributed by atoms with Crippen molar-refractivity contribution in [2.75, 3.05) is 27.2 Å². The zero-order chi connectivity index (χ0) is 40.2. The first-order valence-electron chi connectivity index (χ1n) is 20.7. The number of nitrogens with zero attached hydrogens (tertiary/aromatic N) is 4. The number of benzene rings is 4. The first-order valence-corrected chi connectivity index (χ1v) is 20.7. The number of unbranched alkanes of at least 4 members (excludes halogenated alkanes) is 3. The summed E-state index contributed by atoms with van der Waals surface area (Å²) >= 11 is 0. The molecule has 3 atom stereocenters. The molecule has 1 aromatic heterocycles. The van der Waals surface area contributed by atoms with Crippen molar-refractivity contribution in [2.24, 2.45) is 11.8 Å². The third kappa shape index (κ3) is 14.1. The van der Waals surface area contributed by atoms with E-state index in [0.29, 0.717) is 24.7 Å². The van der Waals surface area contributed by atoms with E-state index in [4.69, 9.17) is 4.74 Å². The molecule has 5 aromatic rings. The van der Waals surface area contributed by atoms with Gasteiger partial charge >= 0.3 is 0 Å². The van der Waals surface area contributed by atoms with Gasteiger partial charge in [0.2, 0.25) is 0 Å². The number of phenolic OH excluding ortho intramolecular Hbond substituents is 1. The number of aromatic amines is 1. The van der Waals surface area contributed by atoms with Gasteiger partial charge in [-0.15, -0.1) is 10.2 Å². The van der Waals surface area contributed by atoms with Crippen molar-refractivity contribution < 1.29 is 19.7 Å². The van der Waals surface area contributed by atoms with Gasteiger partial charge in [0.05, 0.1) is 6.10 Å². The molecule has 57 heavy (non-hydrogen) atoms. The maximum Gasteiger partial charge on any atom is 0.174 e. The van der Waals surface area contributed by atoms with E-state index < -0.39 is 0 Å². The Morgan fingerprint density at radius 1 is 0.860 bits per heavy atom. The monoisotopic (exact) mass is 771 g/mol. The second-order valence-electron chi connectivity index (χ2n) is 15.4. The van der Waals surface area contributed by atoms with Crippen LogP contribution in [-0.2, 0) is 17.6 Å². The van der Waals surface area contributed by atoms with Gasteiger partial charge in [0.15, 0.2) is 5.82 Å². The molecule has 0 saturated heterocycles. The van der Waals surface area contributed by atoms with E-state index in [9.17, 15) is 15.0 Å². The fourth-order valence-electron chi connectivity index (χ4n) is 7.81. The number of rotatable bonds is 20. The average Bonchev–Trinajstić information content (AvgIpc) is 3.88. The number of ketones is 1. The van der Waals surface area contributed by atoms with Gasteiger partial charge in [-0.3, -0.25) is 4.79 Å². The molecule has 0 spiro atoms. The van der Waals surface area contributed by atoms with Crippen molar-refractivity contribution in [1.82, 2.24) is 25.5 Å². The molecule has 0 bridgehead atoms. The van der Waals surface area contributed by atoms with Crippen molar-refractivity contribution in [3.8, 4) is 11.5 Å². The Morgan fingerprint density at radius 3 is 2.26 bits per heavy atom. The fraction of sp³-hybridized carbons (Fsp3) is 0.417. The van der Waals surface area contributed by atoms with E-state index in [2.05, 4.69) is 87.0 Å². The number of tetrazole rings is 1. The first-order chi connectivity index (χ1) is 27.8. The number of ether oxygens (including phenoxy) is 1. The summed E-state index contributed by atoms with van der Waals surface area (Å²) in [5.41, 5.74) is 6.87. The molecular formula is C48H61N5O4. The Labute approximate surface area is 339 Å². The minimum atomic E-state index is -0.316. The number of nitrogens with one attached hydrogen (secondary N) is 1. The van der Waals surface area contributed by atoms with Crippen LogP contribution in [0, 0.1) is 11.8 Å². The highest BCUT2D eigenvalue weighted by Crippen LogP contribution is 2.37. The van der Waals surface area contributed by atoms with Crippen molar-refractivity contribution in [3.63, 3.8) is 0 Å². The lowest BCUT2D eigenvalue weighted by Gasteiger charge is -2.20. The molecule has 0 amide bonds. The van der Waals surface area contributed by atoms with Gasteiger partial charge in [0.1, 0.15) is 23.9 Å². The number of aromatic nitrogens is 4. The molecule has 1 saturated carbocycles. The molecule has 1 unspecified atom stereocenters. The molecule has 302 valence electrons. The molecule has 1 aliphatic rings. The topological polar surface area (TPSA) is 124 Å². The van der Waals surface area contributed by atoms with E-state index in [1.54, 1.807) is 6.07 Å². The van der Waals surface area contributed by atoms with Gasteiger partial charge < -0.3 is 19.8 Å². The highest BCUT2D eigenvalue weighted by atomic mass is 16.5. The number of aliphatic hydroxyl groups excluding tert-OH is 1. The Morgan fingerprint density at radius 2 is 1.58 bits per heavy atom. The average molecular weight is 772 g/mol. The van der Waals surface area contributed by atoms with Crippen LogP contribution in [0.25, 0.3) is 11.1 Å². The SMILES string of the molecule is CC/C(=C(/c1ccc(OCCN(C)C)cc1)c1cccc(O)c1)c1ccccc1.O=C1CC[C@H](CCC(O)Cc2ccccc2)[C@H]1CCCCCCc1nn[nH]n1. The molecule has 0 aliphatic heterocycles. The normalized spacial score (nSPS) is 16.2. The third-order valence-electron chi connectivity index (χ3n) is 10.8. The van der Waals surface area contributed by atoms with Crippen LogP contribution in [0.1, 0.15) is 99.2 Å². The van der Waals surface area contributed by atoms with Gasteiger partial charge in [-0.25, -0.2) is 0 Å². The number of aliphatic hydroxyl groups is 1. The maximum absolute atomic E-state index is 12.3. The van der Waals surface area contributed by atoms with E-state index in [0.717, 1.165) is 105 Å². The third-order valence-corrected chi connectivity index (χ3v) is 10.8. The molecule has 9 heteroatoms. The summed E-state index contributed by atoms with van der Waals surface area (Å²) in [5.74, 6) is 3.02. The number of allylic oxidation sites excluding steroid dienone is 1. The number of Topliss-reactive ketones (excluding diaryl/α,β-unsaturated/α-hetero) is 1. The molecule has 6 rings (SSSR count). The molecule has 4 aromatic carbocycles. The van der Waals surface area contributed by atoms with Crippen molar-refractivity contribution >= 4 is 16.9 Å². The largest absolute Gasteiger partial charge is 0.508 e. The molecule has 1 fully saturated rings. The van der Waals surface area contributed by atoms with Crippen LogP contribution in [0.3, 0.4) is 0 Å². The predicted octanol–water partition coefficient (Wildman–Crippen LogP) is 9.37. The quantitative estimate of drug-likeness (QED) is 0.0529. The molecule has 1 aliphatic carbocycles. The number of carbonyl (C=O) groups is 1. The summed E-state index contributed by atoms with van der Waals surface area (Å²) in [5, 5.41) is 34.4. The second-order valence-corrected chi connectivity index (χ2v) is 15.4. The minimum absolute atomic E-state index is 0.209. The van der Waals surface area contributed by atoms with E-state index in [1.165, 1.54) is 16.7 Å². The lowest BCUT2D eigenvalue weighted by molar-refractivity contribution is -0.121. The number of aryl methyl sites for hydroxylation is 1. The molecule has 9 nitrogen and oxygen atoms in total. The van der Waals surface area contributed by atoms with Crippen LogP contribution in [0.5, 0.6) is 11.5 Å². The van der Waals surface area contributed by atoms with E-state index in [-0.39, 0.29) is 17.8 Å². The Bertz CT molecular complexity index is 1910. The van der Waals surface area contributed by atoms with Gasteiger partial charge in [0, 0.05) is 25.3 Å². The van der Waals surface area contributed by atoms with Crippen LogP contribution in [-0.4, -0.2) is 74.9 Å². The first kappa shape index (κ1) is 43.0. The number of H-pyrrole nitrogens is 1. The summed E-state index contributed by atoms with van der Waals surface area (Å²) in [6.07, 6.45) is 11.0. The number of aromatic hydroxyl groups is 1. The van der Waals surface area contributed by atoms with Crippen LogP contribution in [0.15, 0.2) is 109 Å². The number of hydrogen-bond donors (Lipinski definition) is 3. The smallest absolute Gasteiger partial charge is 0.174 e. The standard InChI is InChI=1S/C26H29NO2.C22H32N4O2/c1-4-25(20-9-6-5-7-10-20)26(22-11-8-12-23(28)19-22)21-13-15-24(16-14-21)29-18-17-27(2)3;27-19(16-17-8-4-3-5-9-17)14-12-18-13-15-21(28)20(18)10-6-1-2-7-11-22-23-25-26-24-22/h5-16,19,28H,4,17-18H2,1-3H3;3-5,8-9,18-20,27H,1-2,6-7,10-16H2,(H,23,24,25,26)/b26-25+;/t;18-,19?,20+/m.0/s1. The number of hydrogen-bond acceptors (Lipinski definition) is 8. The minimum Gasteiger partial charge on any atom is -0.508 e. The van der Waals surface area contributed by atoms with Gasteiger partial charge in [-0.1, -0.05) is 116 Å². The summed E-state index contributed by atoms with van der Waals surface area (Å²) in [6.45, 7) is 3.71. The highest BCUT2D eigenvalue weighted by molar-refractivity contribution is 5.98. The zero-order valence-corrected chi connectivity index (χ0v) is 34.0. The lowest BCUT2D eigenvalue weighted by Crippen LogP contribution is -2.19. The summed E-state index contributed by atoms with van der Waals surface area (Å²) in [4.78, 5) is 14.4. The summed E-state index contributed by atoms with van der Waals surface area (Å²) in [7, 11) is 4.07. The van der Waals surface area contributed by atoms with Crippen molar-refractivity contribution in [1.29, 1.82) is 0 Å². The molecule has 1 heterocycles. The lowest BCUT2D eigenvalue weighted by atomic mass is 9.85. The maximum atomic E-state index is 12.3. The van der Waals surface area contributed by atoms with E-state index in [1.807, 2.05) is 62.6 Å². The predicted molar refractivity (Wildman–Crippen MR) is 229 cm³/mol. The fourth-order valence-corrected chi connectivity index (χ4v) is 7.81. The van der Waals surface area contributed by atoms with Crippen LogP contribution in [0.4, 0.5) is 0 Å². The van der Waals surface area contributed by atoms with Gasteiger partial charge in [-0.05, 0) is 123 Å². The number of carbonyl (C=O) groups excluding carboxylic acids is 1. The second kappa shape index (κ2) is 23.2. The number of phenols is 1. The molecule has 0 radical (unpaired) electrons. The van der Waals surface area contributed by atoms with Crippen molar-refractivity contribution in [3.05, 3.63) is 137 Å². The molecular weight excluding hydrogens is 711 g/mol. The Kier molecular flexibility index (Phi) is 17.5. The van der Waals surface area contributed by atoms with Crippen LogP contribution < -0.4 is 4.74 Å². The van der Waals surface area contributed by atoms with Gasteiger partial charge in [-0.2, -0.15) is 5.21 Å². The van der Waals surface area contributed by atoms with Gasteiger partial charge in [0.25, 0.3) is 0 Å². The highest BCUT2D eigenvalue weighted by Gasteiger charge is 2.33. The summed E-state index contributed by atoms with van der Waals surface area (Å²) in [6, 6.07) is 36.3. The molecule has 3 N–H and O–H groups in total.